The lowest BCUT2D eigenvalue weighted by atomic mass is 9.70. The SMILES string of the molecule is BrCC(Br)(C1CCC(Br)C(Br)C1)[C@@H]1CCC(Br)[C@@H](Br)C1. The molecule has 0 nitrogen and oxygen atoms in total. The second kappa shape index (κ2) is 8.31. The number of halogens is 6. The first-order valence-corrected chi connectivity index (χ1v) is 12.8. The molecule has 0 bridgehead atoms. The molecular formula is C14H20Br6. The summed E-state index contributed by atoms with van der Waals surface area (Å²) in [6.07, 6.45) is 7.69. The van der Waals surface area contributed by atoms with Crippen molar-refractivity contribution in [3.05, 3.63) is 0 Å². The Labute approximate surface area is 173 Å². The third kappa shape index (κ3) is 4.29. The van der Waals surface area contributed by atoms with Gasteiger partial charge in [-0.15, -0.1) is 0 Å². The molecule has 2 aliphatic rings. The van der Waals surface area contributed by atoms with Gasteiger partial charge in [0.15, 0.2) is 0 Å². The first kappa shape index (κ1) is 19.2. The predicted molar refractivity (Wildman–Crippen MR) is 111 cm³/mol. The van der Waals surface area contributed by atoms with Gasteiger partial charge in [-0.25, -0.2) is 0 Å². The molecule has 20 heavy (non-hydrogen) atoms. The Morgan fingerprint density at radius 2 is 1.10 bits per heavy atom. The van der Waals surface area contributed by atoms with Gasteiger partial charge in [-0.1, -0.05) is 95.6 Å². The highest BCUT2D eigenvalue weighted by molar-refractivity contribution is 9.13. The van der Waals surface area contributed by atoms with Crippen molar-refractivity contribution in [1.29, 1.82) is 0 Å². The molecule has 0 aromatic heterocycles. The molecule has 0 spiro atoms. The van der Waals surface area contributed by atoms with Gasteiger partial charge in [0.25, 0.3) is 0 Å². The van der Waals surface area contributed by atoms with E-state index in [1.807, 2.05) is 0 Å². The highest BCUT2D eigenvalue weighted by Crippen LogP contribution is 2.52. The largest absolute Gasteiger partial charge is 0.0913 e. The highest BCUT2D eigenvalue weighted by atomic mass is 79.9. The fraction of sp³-hybridized carbons (Fsp3) is 1.00. The van der Waals surface area contributed by atoms with E-state index in [1.165, 1.54) is 38.5 Å². The van der Waals surface area contributed by atoms with Crippen LogP contribution in [0.4, 0.5) is 0 Å². The summed E-state index contributed by atoms with van der Waals surface area (Å²) in [5, 5.41) is 1.05. The summed E-state index contributed by atoms with van der Waals surface area (Å²) in [7, 11) is 0. The summed E-state index contributed by atoms with van der Waals surface area (Å²) in [6.45, 7) is 0. The van der Waals surface area contributed by atoms with Crippen LogP contribution in [-0.4, -0.2) is 29.0 Å². The molecule has 2 saturated carbocycles. The lowest BCUT2D eigenvalue weighted by Gasteiger charge is -2.47. The first-order valence-electron chi connectivity index (χ1n) is 7.19. The molecule has 7 atom stereocenters. The van der Waals surface area contributed by atoms with Crippen LogP contribution in [0, 0.1) is 11.8 Å². The van der Waals surface area contributed by atoms with Crippen LogP contribution in [0.3, 0.4) is 0 Å². The number of alkyl halides is 6. The van der Waals surface area contributed by atoms with E-state index in [0.717, 1.165) is 17.2 Å². The molecule has 2 fully saturated rings. The molecule has 0 aliphatic heterocycles. The van der Waals surface area contributed by atoms with E-state index >= 15 is 0 Å². The number of rotatable bonds is 3. The first-order chi connectivity index (χ1) is 9.38. The van der Waals surface area contributed by atoms with Crippen molar-refractivity contribution in [3.8, 4) is 0 Å². The fourth-order valence-electron chi connectivity index (χ4n) is 3.58. The Kier molecular flexibility index (Phi) is 7.98. The zero-order valence-electron chi connectivity index (χ0n) is 11.2. The van der Waals surface area contributed by atoms with Crippen molar-refractivity contribution >= 4 is 95.6 Å². The monoisotopic (exact) mass is 662 g/mol. The third-order valence-corrected chi connectivity index (χ3v) is 13.8. The van der Waals surface area contributed by atoms with Crippen molar-refractivity contribution in [2.24, 2.45) is 11.8 Å². The van der Waals surface area contributed by atoms with E-state index < -0.39 is 0 Å². The summed E-state index contributed by atoms with van der Waals surface area (Å²) in [5.41, 5.74) is 0. The van der Waals surface area contributed by atoms with Gasteiger partial charge in [0.2, 0.25) is 0 Å². The van der Waals surface area contributed by atoms with Crippen LogP contribution in [-0.2, 0) is 0 Å². The van der Waals surface area contributed by atoms with Crippen LogP contribution < -0.4 is 0 Å². The molecule has 2 aliphatic carbocycles. The maximum Gasteiger partial charge on any atom is 0.0411 e. The molecule has 6 heteroatoms. The van der Waals surface area contributed by atoms with Crippen LogP contribution in [0.1, 0.15) is 38.5 Å². The van der Waals surface area contributed by atoms with Gasteiger partial charge in [-0.2, -0.15) is 0 Å². The Morgan fingerprint density at radius 3 is 1.40 bits per heavy atom. The molecule has 0 saturated heterocycles. The van der Waals surface area contributed by atoms with Crippen molar-refractivity contribution in [2.75, 3.05) is 5.33 Å². The zero-order chi connectivity index (χ0) is 14.9. The zero-order valence-corrected chi connectivity index (χ0v) is 20.7. The molecule has 0 N–H and O–H groups in total. The lowest BCUT2D eigenvalue weighted by molar-refractivity contribution is 0.210. The highest BCUT2D eigenvalue weighted by Gasteiger charge is 2.47. The second-order valence-electron chi connectivity index (χ2n) is 6.14. The van der Waals surface area contributed by atoms with Crippen LogP contribution in [0.15, 0.2) is 0 Å². The van der Waals surface area contributed by atoms with Crippen molar-refractivity contribution < 1.29 is 0 Å². The third-order valence-electron chi connectivity index (χ3n) is 4.95. The average molecular weight is 668 g/mol. The van der Waals surface area contributed by atoms with Crippen LogP contribution in [0.5, 0.6) is 0 Å². The van der Waals surface area contributed by atoms with Crippen molar-refractivity contribution in [3.63, 3.8) is 0 Å². The number of hydrogen-bond donors (Lipinski definition) is 0. The minimum atomic E-state index is 0.241. The smallest absolute Gasteiger partial charge is 0.0411 e. The standard InChI is InChI=1S/C14H20Br6/c15-7-14(20,8-1-3-10(16)12(18)5-8)9-2-4-11(17)13(19)6-9/h8-13H,1-7H2/t8-,9?,10?,11?,12+,13?,14?/m1/s1. The average Bonchev–Trinajstić information content (AvgIpc) is 2.44. The minimum Gasteiger partial charge on any atom is -0.0913 e. The molecule has 2 rings (SSSR count). The summed E-state index contributed by atoms with van der Waals surface area (Å²) in [5.74, 6) is 1.49. The lowest BCUT2D eigenvalue weighted by Crippen LogP contribution is -2.47. The summed E-state index contributed by atoms with van der Waals surface area (Å²) < 4.78 is 0.241. The molecular weight excluding hydrogens is 648 g/mol. The molecule has 0 aromatic rings. The van der Waals surface area contributed by atoms with E-state index in [4.69, 9.17) is 0 Å². The Bertz CT molecular complexity index is 297. The molecule has 0 aromatic carbocycles. The van der Waals surface area contributed by atoms with Gasteiger partial charge in [0.1, 0.15) is 0 Å². The van der Waals surface area contributed by atoms with Crippen LogP contribution in [0.25, 0.3) is 0 Å². The second-order valence-corrected chi connectivity index (χ2v) is 12.9. The molecule has 0 radical (unpaired) electrons. The van der Waals surface area contributed by atoms with E-state index in [2.05, 4.69) is 95.6 Å². The predicted octanol–water partition coefficient (Wildman–Crippen LogP) is 7.17. The van der Waals surface area contributed by atoms with E-state index in [-0.39, 0.29) is 4.32 Å². The van der Waals surface area contributed by atoms with Crippen molar-refractivity contribution in [1.82, 2.24) is 0 Å². The fourth-order valence-corrected chi connectivity index (χ4v) is 7.72. The van der Waals surface area contributed by atoms with E-state index in [1.54, 1.807) is 0 Å². The van der Waals surface area contributed by atoms with Gasteiger partial charge in [-0.05, 0) is 50.4 Å². The summed E-state index contributed by atoms with van der Waals surface area (Å²) in [6, 6.07) is 0. The van der Waals surface area contributed by atoms with E-state index in [9.17, 15) is 0 Å². The maximum atomic E-state index is 4.18. The molecule has 118 valence electrons. The molecule has 0 amide bonds. The van der Waals surface area contributed by atoms with Gasteiger partial charge < -0.3 is 0 Å². The molecule has 0 heterocycles. The number of hydrogen-bond acceptors (Lipinski definition) is 0. The topological polar surface area (TPSA) is 0 Å². The van der Waals surface area contributed by atoms with Gasteiger partial charge in [0, 0.05) is 29.0 Å². The van der Waals surface area contributed by atoms with Crippen LogP contribution in [0.2, 0.25) is 0 Å². The quantitative estimate of drug-likeness (QED) is 0.280. The Hall–Kier alpha value is 2.88. The van der Waals surface area contributed by atoms with Gasteiger partial charge in [-0.3, -0.25) is 0 Å². The Morgan fingerprint density at radius 1 is 0.700 bits per heavy atom. The van der Waals surface area contributed by atoms with E-state index in [0.29, 0.717) is 19.3 Å². The maximum absolute atomic E-state index is 4.18. The van der Waals surface area contributed by atoms with Crippen LogP contribution >= 0.6 is 95.6 Å². The normalized spacial score (nSPS) is 45.9. The van der Waals surface area contributed by atoms with Crippen molar-refractivity contribution in [2.45, 2.75) is 62.2 Å². The van der Waals surface area contributed by atoms with Gasteiger partial charge >= 0.3 is 0 Å². The molecule has 5 unspecified atom stereocenters. The summed E-state index contributed by atoms with van der Waals surface area (Å²) >= 11 is 23.3. The Balaban J connectivity index is 2.08. The summed E-state index contributed by atoms with van der Waals surface area (Å²) in [4.78, 5) is 2.47. The minimum absolute atomic E-state index is 0.241. The van der Waals surface area contributed by atoms with Gasteiger partial charge in [0.05, 0.1) is 0 Å².